The maximum Gasteiger partial charge on any atom is 0.242 e. The van der Waals surface area contributed by atoms with Crippen LogP contribution in [0.3, 0.4) is 0 Å². The van der Waals surface area contributed by atoms with Gasteiger partial charge in [-0.1, -0.05) is 6.92 Å². The molecule has 1 saturated heterocycles. The molecule has 0 spiro atoms. The van der Waals surface area contributed by atoms with Crippen LogP contribution < -0.4 is 10.0 Å². The second kappa shape index (κ2) is 7.19. The Morgan fingerprint density at radius 2 is 2.24 bits per heavy atom. The molecule has 0 aliphatic carbocycles. The minimum atomic E-state index is -3.49. The number of hydrogen-bond acceptors (Lipinski definition) is 5. The van der Waals surface area contributed by atoms with Crippen LogP contribution in [0.4, 0.5) is 0 Å². The molecule has 7 heteroatoms. The second-order valence-electron chi connectivity index (χ2n) is 5.44. The average Bonchev–Trinajstić information content (AvgIpc) is 2.97. The Morgan fingerprint density at radius 3 is 2.86 bits per heavy atom. The van der Waals surface area contributed by atoms with E-state index in [-0.39, 0.29) is 12.1 Å². The van der Waals surface area contributed by atoms with Gasteiger partial charge in [-0.15, -0.1) is 11.3 Å². The molecule has 21 heavy (non-hydrogen) atoms. The topological polar surface area (TPSA) is 67.4 Å². The molecule has 2 unspecified atom stereocenters. The van der Waals surface area contributed by atoms with Crippen molar-refractivity contribution in [3.05, 3.63) is 15.8 Å². The average molecular weight is 332 g/mol. The lowest BCUT2D eigenvalue weighted by molar-refractivity contribution is 0.117. The lowest BCUT2D eigenvalue weighted by atomic mass is 10.2. The van der Waals surface area contributed by atoms with Gasteiger partial charge in [-0.05, 0) is 44.2 Å². The molecule has 2 atom stereocenters. The van der Waals surface area contributed by atoms with Crippen LogP contribution in [0, 0.1) is 6.92 Å². The normalized spacial score (nSPS) is 22.8. The predicted octanol–water partition coefficient (Wildman–Crippen LogP) is 2.01. The molecule has 120 valence electrons. The Morgan fingerprint density at radius 1 is 1.48 bits per heavy atom. The molecule has 0 bridgehead atoms. The van der Waals surface area contributed by atoms with Gasteiger partial charge >= 0.3 is 0 Å². The molecule has 2 heterocycles. The van der Waals surface area contributed by atoms with Crippen molar-refractivity contribution in [2.24, 2.45) is 0 Å². The fraction of sp³-hybridized carbons (Fsp3) is 0.714. The third-order valence-corrected chi connectivity index (χ3v) is 6.61. The van der Waals surface area contributed by atoms with Gasteiger partial charge in [-0.2, -0.15) is 0 Å². The molecule has 0 amide bonds. The van der Waals surface area contributed by atoms with E-state index in [0.29, 0.717) is 18.0 Å². The van der Waals surface area contributed by atoms with Crippen molar-refractivity contribution < 1.29 is 13.2 Å². The van der Waals surface area contributed by atoms with E-state index in [2.05, 4.69) is 17.0 Å². The number of aryl methyl sites for hydroxylation is 1. The van der Waals surface area contributed by atoms with Crippen LogP contribution >= 0.6 is 11.3 Å². The van der Waals surface area contributed by atoms with Gasteiger partial charge in [0.05, 0.1) is 12.1 Å². The van der Waals surface area contributed by atoms with Crippen molar-refractivity contribution in [2.75, 3.05) is 13.2 Å². The van der Waals surface area contributed by atoms with Crippen LogP contribution in [0.5, 0.6) is 0 Å². The van der Waals surface area contributed by atoms with Crippen LogP contribution in [-0.4, -0.2) is 33.7 Å². The van der Waals surface area contributed by atoms with Crippen LogP contribution in [0.2, 0.25) is 0 Å². The molecular formula is C14H24N2O3S2. The monoisotopic (exact) mass is 332 g/mol. The maximum atomic E-state index is 12.7. The van der Waals surface area contributed by atoms with Gasteiger partial charge in [-0.25, -0.2) is 13.1 Å². The smallest absolute Gasteiger partial charge is 0.242 e. The van der Waals surface area contributed by atoms with Gasteiger partial charge < -0.3 is 10.1 Å². The van der Waals surface area contributed by atoms with Crippen molar-refractivity contribution in [2.45, 2.75) is 57.2 Å². The van der Waals surface area contributed by atoms with E-state index in [1.165, 1.54) is 11.3 Å². The Kier molecular flexibility index (Phi) is 5.79. The zero-order chi connectivity index (χ0) is 15.5. The van der Waals surface area contributed by atoms with Crippen molar-refractivity contribution >= 4 is 21.4 Å². The minimum absolute atomic E-state index is 0.0691. The molecule has 0 aromatic carbocycles. The third-order valence-electron chi connectivity index (χ3n) is 3.65. The Bertz CT molecular complexity index is 569. The first-order chi connectivity index (χ1) is 9.95. The fourth-order valence-corrected chi connectivity index (χ4v) is 5.61. The summed E-state index contributed by atoms with van der Waals surface area (Å²) in [7, 11) is -3.49. The molecular weight excluding hydrogens is 308 g/mol. The van der Waals surface area contributed by atoms with E-state index in [1.807, 2.05) is 19.2 Å². The first-order valence-corrected chi connectivity index (χ1v) is 9.73. The molecule has 0 radical (unpaired) electrons. The molecule has 1 aromatic heterocycles. The quantitative estimate of drug-likeness (QED) is 0.750. The Hall–Kier alpha value is -0.470. The molecule has 1 aliphatic rings. The second-order valence-corrected chi connectivity index (χ2v) is 8.06. The summed E-state index contributed by atoms with van der Waals surface area (Å²) in [6.07, 6.45) is 1.69. The molecule has 2 rings (SSSR count). The summed E-state index contributed by atoms with van der Waals surface area (Å²) in [4.78, 5) is 1.32. The summed E-state index contributed by atoms with van der Waals surface area (Å²) >= 11 is 1.50. The molecule has 2 N–H and O–H groups in total. The van der Waals surface area contributed by atoms with Gasteiger partial charge in [-0.3, -0.25) is 0 Å². The van der Waals surface area contributed by atoms with E-state index in [9.17, 15) is 8.42 Å². The molecule has 5 nitrogen and oxygen atoms in total. The van der Waals surface area contributed by atoms with Crippen LogP contribution in [0.25, 0.3) is 0 Å². The third kappa shape index (κ3) is 4.04. The van der Waals surface area contributed by atoms with Crippen molar-refractivity contribution in [3.63, 3.8) is 0 Å². The number of rotatable bonds is 7. The molecule has 1 fully saturated rings. The first-order valence-electron chi connectivity index (χ1n) is 7.37. The predicted molar refractivity (Wildman–Crippen MR) is 85.2 cm³/mol. The summed E-state index contributed by atoms with van der Waals surface area (Å²) in [6.45, 7) is 7.94. The van der Waals surface area contributed by atoms with Crippen molar-refractivity contribution in [1.82, 2.24) is 10.0 Å². The van der Waals surface area contributed by atoms with E-state index >= 15 is 0 Å². The van der Waals surface area contributed by atoms with Crippen molar-refractivity contribution in [1.29, 1.82) is 0 Å². The molecule has 1 aromatic rings. The number of ether oxygens (including phenoxy) is 1. The number of thiophene rings is 1. The first kappa shape index (κ1) is 16.9. The molecule has 1 aliphatic heterocycles. The van der Waals surface area contributed by atoms with Crippen molar-refractivity contribution in [3.8, 4) is 0 Å². The van der Waals surface area contributed by atoms with Gasteiger partial charge in [0, 0.05) is 18.0 Å². The Balaban J connectivity index is 2.16. The van der Waals surface area contributed by atoms with Crippen LogP contribution in [-0.2, 0) is 21.3 Å². The van der Waals surface area contributed by atoms with Crippen LogP contribution in [0.1, 0.15) is 37.1 Å². The summed E-state index contributed by atoms with van der Waals surface area (Å²) in [6, 6.07) is -0.134. The van der Waals surface area contributed by atoms with Gasteiger partial charge in [0.2, 0.25) is 10.0 Å². The fourth-order valence-electron chi connectivity index (χ4n) is 2.49. The number of nitrogens with one attached hydrogen (secondary N) is 2. The summed E-state index contributed by atoms with van der Waals surface area (Å²) < 4.78 is 33.6. The highest BCUT2D eigenvalue weighted by molar-refractivity contribution is 7.89. The maximum absolute atomic E-state index is 12.7. The van der Waals surface area contributed by atoms with E-state index in [0.717, 1.165) is 29.8 Å². The summed E-state index contributed by atoms with van der Waals surface area (Å²) in [5.41, 5.74) is 0.812. The highest BCUT2D eigenvalue weighted by Crippen LogP contribution is 2.28. The number of sulfonamides is 1. The highest BCUT2D eigenvalue weighted by atomic mass is 32.2. The summed E-state index contributed by atoms with van der Waals surface area (Å²) in [5, 5.41) is 5.18. The van der Waals surface area contributed by atoms with Gasteiger partial charge in [0.25, 0.3) is 0 Å². The largest absolute Gasteiger partial charge is 0.377 e. The Labute approximate surface area is 131 Å². The standard InChI is InChI=1S/C14H24N2O3S2/c1-4-6-15-8-13-14(10(2)9-20-13)21(17,18)16-12-5-7-19-11(12)3/h9,11-12,15-16H,4-8H2,1-3H3. The number of hydrogen-bond donors (Lipinski definition) is 2. The zero-order valence-electron chi connectivity index (χ0n) is 12.8. The zero-order valence-corrected chi connectivity index (χ0v) is 14.4. The minimum Gasteiger partial charge on any atom is -0.377 e. The lowest BCUT2D eigenvalue weighted by Crippen LogP contribution is -2.39. The van der Waals surface area contributed by atoms with Crippen LogP contribution in [0.15, 0.2) is 10.3 Å². The SMILES string of the molecule is CCCNCc1scc(C)c1S(=O)(=O)NC1CCOC1C. The molecule has 0 saturated carbocycles. The highest BCUT2D eigenvalue weighted by Gasteiger charge is 2.31. The van der Waals surface area contributed by atoms with Gasteiger partial charge in [0.1, 0.15) is 4.90 Å². The van der Waals surface area contributed by atoms with Gasteiger partial charge in [0.15, 0.2) is 0 Å². The summed E-state index contributed by atoms with van der Waals surface area (Å²) in [5.74, 6) is 0. The van der Waals surface area contributed by atoms with E-state index in [1.54, 1.807) is 0 Å². The van der Waals surface area contributed by atoms with E-state index < -0.39 is 10.0 Å². The lowest BCUT2D eigenvalue weighted by Gasteiger charge is -2.17. The van der Waals surface area contributed by atoms with E-state index in [4.69, 9.17) is 4.74 Å².